The molecule has 0 radical (unpaired) electrons. The van der Waals surface area contributed by atoms with Crippen LogP contribution in [-0.4, -0.2) is 45.6 Å². The quantitative estimate of drug-likeness (QED) is 0.672. The van der Waals surface area contributed by atoms with Crippen LogP contribution in [0.2, 0.25) is 0 Å². The van der Waals surface area contributed by atoms with Crippen molar-refractivity contribution in [3.63, 3.8) is 0 Å². The van der Waals surface area contributed by atoms with Crippen molar-refractivity contribution >= 4 is 27.3 Å². The number of nitrogens with one attached hydrogen (secondary N) is 3. The van der Waals surface area contributed by atoms with E-state index in [0.717, 1.165) is 6.26 Å². The maximum atomic E-state index is 12.0. The molecule has 0 aromatic heterocycles. The second-order valence-corrected chi connectivity index (χ2v) is 6.48. The number of benzene rings is 1. The van der Waals surface area contributed by atoms with Crippen LogP contribution in [0.15, 0.2) is 29.2 Å². The molecule has 0 aliphatic carbocycles. The summed E-state index contributed by atoms with van der Waals surface area (Å²) in [6, 6.07) is 5.60. The normalized spacial score (nSPS) is 19.2. The van der Waals surface area contributed by atoms with Crippen LogP contribution in [0.3, 0.4) is 0 Å². The molecular weight excluding hydrogens is 282 g/mol. The Morgan fingerprint density at radius 2 is 2.05 bits per heavy atom. The number of rotatable bonds is 3. The number of carbonyl (C=O) groups excluding carboxylic acids is 2. The lowest BCUT2D eigenvalue weighted by Crippen LogP contribution is -2.56. The molecule has 8 heteroatoms. The Morgan fingerprint density at radius 1 is 1.35 bits per heavy atom. The van der Waals surface area contributed by atoms with Crippen LogP contribution < -0.4 is 16.0 Å². The van der Waals surface area contributed by atoms with Crippen molar-refractivity contribution in [3.05, 3.63) is 24.3 Å². The minimum absolute atomic E-state index is 0.0613. The van der Waals surface area contributed by atoms with Crippen LogP contribution in [0, 0.1) is 0 Å². The molecule has 3 N–H and O–H groups in total. The fourth-order valence-electron chi connectivity index (χ4n) is 1.86. The summed E-state index contributed by atoms with van der Waals surface area (Å²) in [7, 11) is -3.42. The zero-order valence-electron chi connectivity index (χ0n) is 10.8. The van der Waals surface area contributed by atoms with E-state index in [1.165, 1.54) is 12.1 Å². The van der Waals surface area contributed by atoms with Gasteiger partial charge in [-0.25, -0.2) is 8.42 Å². The van der Waals surface area contributed by atoms with Crippen molar-refractivity contribution in [2.24, 2.45) is 0 Å². The van der Waals surface area contributed by atoms with Crippen molar-refractivity contribution in [1.82, 2.24) is 10.6 Å². The highest BCUT2D eigenvalue weighted by atomic mass is 32.2. The van der Waals surface area contributed by atoms with Gasteiger partial charge in [-0.2, -0.15) is 0 Å². The molecule has 7 nitrogen and oxygen atoms in total. The molecule has 1 fully saturated rings. The molecule has 1 aliphatic heterocycles. The third kappa shape index (κ3) is 3.34. The van der Waals surface area contributed by atoms with Crippen molar-refractivity contribution in [1.29, 1.82) is 0 Å². The molecule has 0 saturated carbocycles. The van der Waals surface area contributed by atoms with E-state index in [0.29, 0.717) is 0 Å². The van der Waals surface area contributed by atoms with Gasteiger partial charge in [0.05, 0.1) is 17.1 Å². The zero-order valence-corrected chi connectivity index (χ0v) is 11.7. The molecule has 0 spiro atoms. The van der Waals surface area contributed by atoms with Crippen LogP contribution in [0.5, 0.6) is 0 Å². The van der Waals surface area contributed by atoms with Gasteiger partial charge < -0.3 is 10.6 Å². The van der Waals surface area contributed by atoms with Crippen LogP contribution >= 0.6 is 0 Å². The standard InChI is InChI=1S/C12H15N3O4S/c1-20(18,19)10-5-3-2-4-8(10)15-12(17)9-6-14-11(16)7-13-9/h2-5,9,13H,6-7H2,1H3,(H,14,16)(H,15,17). The van der Waals surface area contributed by atoms with Gasteiger partial charge in [0, 0.05) is 12.8 Å². The summed E-state index contributed by atoms with van der Waals surface area (Å²) in [6.45, 7) is 0.234. The highest BCUT2D eigenvalue weighted by molar-refractivity contribution is 7.90. The monoisotopic (exact) mass is 297 g/mol. The van der Waals surface area contributed by atoms with Gasteiger partial charge in [-0.1, -0.05) is 12.1 Å². The Bertz CT molecular complexity index is 632. The predicted molar refractivity (Wildman–Crippen MR) is 73.0 cm³/mol. The SMILES string of the molecule is CS(=O)(=O)c1ccccc1NC(=O)C1CNC(=O)CN1. The molecular formula is C12H15N3O4S. The lowest BCUT2D eigenvalue weighted by molar-refractivity contribution is -0.124. The van der Waals surface area contributed by atoms with Gasteiger partial charge in [0.15, 0.2) is 9.84 Å². The minimum Gasteiger partial charge on any atom is -0.353 e. The van der Waals surface area contributed by atoms with Crippen molar-refractivity contribution in [2.45, 2.75) is 10.9 Å². The summed E-state index contributed by atoms with van der Waals surface area (Å²) in [5.41, 5.74) is 0.235. The average molecular weight is 297 g/mol. The first kappa shape index (κ1) is 14.5. The number of sulfone groups is 1. The van der Waals surface area contributed by atoms with Crippen LogP contribution in [0.4, 0.5) is 5.69 Å². The molecule has 1 atom stereocenters. The highest BCUT2D eigenvalue weighted by Crippen LogP contribution is 2.20. The van der Waals surface area contributed by atoms with E-state index in [2.05, 4.69) is 16.0 Å². The molecule has 20 heavy (non-hydrogen) atoms. The first-order valence-corrected chi connectivity index (χ1v) is 7.87. The molecule has 108 valence electrons. The van der Waals surface area contributed by atoms with Gasteiger partial charge in [0.1, 0.15) is 6.04 Å². The number of hydrogen-bond acceptors (Lipinski definition) is 5. The highest BCUT2D eigenvalue weighted by Gasteiger charge is 2.25. The maximum absolute atomic E-state index is 12.0. The van der Waals surface area contributed by atoms with Crippen molar-refractivity contribution < 1.29 is 18.0 Å². The molecule has 1 saturated heterocycles. The van der Waals surface area contributed by atoms with Gasteiger partial charge >= 0.3 is 0 Å². The second kappa shape index (κ2) is 5.59. The van der Waals surface area contributed by atoms with Gasteiger partial charge in [-0.05, 0) is 12.1 Å². The van der Waals surface area contributed by atoms with Gasteiger partial charge in [0.25, 0.3) is 0 Å². The Morgan fingerprint density at radius 3 is 2.65 bits per heavy atom. The Labute approximate surface area is 116 Å². The lowest BCUT2D eigenvalue weighted by atomic mass is 10.2. The molecule has 1 heterocycles. The molecule has 2 rings (SSSR count). The summed E-state index contributed by atoms with van der Waals surface area (Å²) in [5.74, 6) is -0.563. The van der Waals surface area contributed by atoms with E-state index < -0.39 is 15.9 Å². The van der Waals surface area contributed by atoms with Gasteiger partial charge in [0.2, 0.25) is 11.8 Å². The zero-order chi connectivity index (χ0) is 14.8. The van der Waals surface area contributed by atoms with E-state index >= 15 is 0 Å². The largest absolute Gasteiger partial charge is 0.353 e. The number of para-hydroxylation sites is 1. The minimum atomic E-state index is -3.42. The number of amides is 2. The van der Waals surface area contributed by atoms with Crippen LogP contribution in [0.1, 0.15) is 0 Å². The summed E-state index contributed by atoms with van der Waals surface area (Å²) in [6.07, 6.45) is 1.08. The number of piperazine rings is 1. The smallest absolute Gasteiger partial charge is 0.243 e. The van der Waals surface area contributed by atoms with Gasteiger partial charge in [-0.15, -0.1) is 0 Å². The maximum Gasteiger partial charge on any atom is 0.243 e. The first-order chi connectivity index (χ1) is 9.38. The average Bonchev–Trinajstić information content (AvgIpc) is 2.38. The topological polar surface area (TPSA) is 104 Å². The molecule has 1 aliphatic rings. The molecule has 1 unspecified atom stereocenters. The van der Waals surface area contributed by atoms with E-state index in [9.17, 15) is 18.0 Å². The molecule has 0 bridgehead atoms. The van der Waals surface area contributed by atoms with Crippen molar-refractivity contribution in [2.75, 3.05) is 24.7 Å². The molecule has 1 aromatic rings. The third-order valence-electron chi connectivity index (χ3n) is 2.87. The Hall–Kier alpha value is -1.93. The molecule has 2 amide bonds. The van der Waals surface area contributed by atoms with E-state index in [1.54, 1.807) is 12.1 Å². The van der Waals surface area contributed by atoms with E-state index in [-0.39, 0.29) is 35.5 Å². The van der Waals surface area contributed by atoms with Crippen molar-refractivity contribution in [3.8, 4) is 0 Å². The molecule has 1 aromatic carbocycles. The summed E-state index contributed by atoms with van der Waals surface area (Å²) < 4.78 is 23.3. The summed E-state index contributed by atoms with van der Waals surface area (Å²) in [5, 5.41) is 7.91. The van der Waals surface area contributed by atoms with Crippen LogP contribution in [-0.2, 0) is 19.4 Å². The summed E-state index contributed by atoms with van der Waals surface area (Å²) in [4.78, 5) is 23.1. The van der Waals surface area contributed by atoms with Crippen LogP contribution in [0.25, 0.3) is 0 Å². The number of hydrogen-bond donors (Lipinski definition) is 3. The second-order valence-electron chi connectivity index (χ2n) is 4.50. The third-order valence-corrected chi connectivity index (χ3v) is 4.03. The van der Waals surface area contributed by atoms with Gasteiger partial charge in [-0.3, -0.25) is 14.9 Å². The fourth-order valence-corrected chi connectivity index (χ4v) is 2.71. The fraction of sp³-hybridized carbons (Fsp3) is 0.333. The van der Waals surface area contributed by atoms with E-state index in [1.807, 2.05) is 0 Å². The predicted octanol–water partition coefficient (Wildman–Crippen LogP) is -0.883. The number of anilines is 1. The number of carbonyl (C=O) groups is 2. The summed E-state index contributed by atoms with van der Waals surface area (Å²) >= 11 is 0. The van der Waals surface area contributed by atoms with E-state index in [4.69, 9.17) is 0 Å². The lowest BCUT2D eigenvalue weighted by Gasteiger charge is -2.23. The Balaban J connectivity index is 2.14. The first-order valence-electron chi connectivity index (χ1n) is 5.98. The Kier molecular flexibility index (Phi) is 4.05.